The van der Waals surface area contributed by atoms with E-state index in [9.17, 15) is 9.59 Å². The highest BCUT2D eigenvalue weighted by Gasteiger charge is 2.56. The van der Waals surface area contributed by atoms with Gasteiger partial charge in [-0.2, -0.15) is 0 Å². The third-order valence-corrected chi connectivity index (χ3v) is 8.66. The summed E-state index contributed by atoms with van der Waals surface area (Å²) in [6.45, 7) is 11.9. The number of anilines is 2. The van der Waals surface area contributed by atoms with Crippen LogP contribution in [0.15, 0.2) is 72.8 Å². The Hall–Kier alpha value is -4.52. The fourth-order valence-corrected chi connectivity index (χ4v) is 6.72. The minimum absolute atomic E-state index is 0.219. The van der Waals surface area contributed by atoms with Crippen molar-refractivity contribution in [2.24, 2.45) is 5.73 Å². The topological polar surface area (TPSA) is 79.1 Å². The Bertz CT molecular complexity index is 1670. The van der Waals surface area contributed by atoms with E-state index in [0.717, 1.165) is 65.0 Å². The second-order valence-corrected chi connectivity index (χ2v) is 10.6. The van der Waals surface area contributed by atoms with E-state index in [2.05, 4.69) is 80.0 Å². The molecule has 2 aliphatic rings. The van der Waals surface area contributed by atoms with Crippen LogP contribution in [-0.2, 0) is 10.3 Å². The first-order chi connectivity index (χ1) is 19.9. The second kappa shape index (κ2) is 10.1. The molecule has 1 atom stereocenters. The lowest BCUT2D eigenvalue weighted by Gasteiger charge is -2.44. The number of amides is 2. The largest absolute Gasteiger partial charge is 0.456 e. The standard InChI is InChI=1S/C34H36N4O3/c1-5-36(6-2)24-14-13-22-18-29-30(19-23(22)17-24)41-31-20-25(37(7-3)8-4)15-16-28(31)34(29)27-12-10-9-11-26(27)33(40)38(34)21-32(35)39/h9-20H,5-8,21H2,1-4H3,(H2,35,39). The Kier molecular flexibility index (Phi) is 6.60. The highest BCUT2D eigenvalue weighted by molar-refractivity contribution is 6.04. The number of carbonyl (C=O) groups is 2. The van der Waals surface area contributed by atoms with Gasteiger partial charge in [-0.05, 0) is 80.4 Å². The van der Waals surface area contributed by atoms with Crippen molar-refractivity contribution in [1.82, 2.24) is 4.90 Å². The van der Waals surface area contributed by atoms with Crippen molar-refractivity contribution in [2.45, 2.75) is 33.2 Å². The van der Waals surface area contributed by atoms with Crippen LogP contribution < -0.4 is 20.3 Å². The molecular formula is C34H36N4O3. The average Bonchev–Trinajstić information content (AvgIpc) is 3.21. The summed E-state index contributed by atoms with van der Waals surface area (Å²) < 4.78 is 6.71. The highest BCUT2D eigenvalue weighted by atomic mass is 16.5. The first-order valence-corrected chi connectivity index (χ1v) is 14.5. The van der Waals surface area contributed by atoms with E-state index >= 15 is 0 Å². The summed E-state index contributed by atoms with van der Waals surface area (Å²) in [5.74, 6) is 0.546. The third-order valence-electron chi connectivity index (χ3n) is 8.66. The Labute approximate surface area is 241 Å². The molecule has 2 N–H and O–H groups in total. The van der Waals surface area contributed by atoms with Gasteiger partial charge >= 0.3 is 0 Å². The molecule has 0 fully saturated rings. The molecule has 7 nitrogen and oxygen atoms in total. The molecule has 0 aromatic heterocycles. The number of fused-ring (bicyclic) bond motifs is 7. The quantitative estimate of drug-likeness (QED) is 0.298. The van der Waals surface area contributed by atoms with E-state index in [4.69, 9.17) is 10.5 Å². The normalized spacial score (nSPS) is 16.8. The van der Waals surface area contributed by atoms with Crippen molar-refractivity contribution >= 4 is 34.0 Å². The second-order valence-electron chi connectivity index (χ2n) is 10.6. The van der Waals surface area contributed by atoms with Crippen molar-refractivity contribution < 1.29 is 14.3 Å². The molecule has 4 aromatic rings. The van der Waals surface area contributed by atoms with Crippen LogP contribution in [0, 0.1) is 0 Å². The van der Waals surface area contributed by atoms with Gasteiger partial charge in [-0.25, -0.2) is 0 Å². The SMILES string of the molecule is CCN(CC)c1ccc2c(c1)Oc1cc3cc(N(CC)CC)ccc3cc1C21c2ccccc2C(=O)N1CC(N)=O. The Morgan fingerprint density at radius 3 is 2.07 bits per heavy atom. The monoisotopic (exact) mass is 548 g/mol. The maximum absolute atomic E-state index is 14.0. The maximum atomic E-state index is 14.0. The van der Waals surface area contributed by atoms with Gasteiger partial charge in [0.05, 0.1) is 0 Å². The predicted octanol–water partition coefficient (Wildman–Crippen LogP) is 5.87. The molecule has 2 amide bonds. The van der Waals surface area contributed by atoms with Gasteiger partial charge in [0.15, 0.2) is 0 Å². The van der Waals surface area contributed by atoms with Gasteiger partial charge in [0.2, 0.25) is 5.91 Å². The van der Waals surface area contributed by atoms with Gasteiger partial charge in [-0.1, -0.05) is 30.3 Å². The van der Waals surface area contributed by atoms with Crippen molar-refractivity contribution in [1.29, 1.82) is 0 Å². The molecule has 6 rings (SSSR count). The lowest BCUT2D eigenvalue weighted by atomic mass is 9.74. The van der Waals surface area contributed by atoms with E-state index in [1.807, 2.05) is 30.3 Å². The number of carbonyl (C=O) groups excluding carboxylic acids is 2. The van der Waals surface area contributed by atoms with E-state index in [1.54, 1.807) is 4.90 Å². The summed E-state index contributed by atoms with van der Waals surface area (Å²) in [5.41, 5.74) is 9.93. The van der Waals surface area contributed by atoms with Gasteiger partial charge < -0.3 is 25.2 Å². The molecule has 41 heavy (non-hydrogen) atoms. The molecule has 0 aliphatic carbocycles. The molecule has 2 aliphatic heterocycles. The van der Waals surface area contributed by atoms with Crippen LogP contribution in [0.1, 0.15) is 54.7 Å². The molecular weight excluding hydrogens is 512 g/mol. The minimum Gasteiger partial charge on any atom is -0.456 e. The van der Waals surface area contributed by atoms with E-state index in [-0.39, 0.29) is 12.5 Å². The number of hydrogen-bond donors (Lipinski definition) is 1. The van der Waals surface area contributed by atoms with Crippen LogP contribution in [0.2, 0.25) is 0 Å². The number of primary amides is 1. The minimum atomic E-state index is -1.07. The summed E-state index contributed by atoms with van der Waals surface area (Å²) in [6, 6.07) is 24.4. The fraction of sp³-hybridized carbons (Fsp3) is 0.294. The van der Waals surface area contributed by atoms with Gasteiger partial charge in [0, 0.05) is 60.3 Å². The van der Waals surface area contributed by atoms with Gasteiger partial charge in [-0.3, -0.25) is 9.59 Å². The van der Waals surface area contributed by atoms with Crippen molar-refractivity contribution in [3.8, 4) is 11.5 Å². The van der Waals surface area contributed by atoms with Crippen LogP contribution >= 0.6 is 0 Å². The number of nitrogens with two attached hydrogens (primary N) is 1. The maximum Gasteiger partial charge on any atom is 0.255 e. The van der Waals surface area contributed by atoms with Gasteiger partial charge in [0.1, 0.15) is 23.6 Å². The van der Waals surface area contributed by atoms with E-state index in [1.165, 1.54) is 0 Å². The molecule has 1 spiro atoms. The Morgan fingerprint density at radius 1 is 0.756 bits per heavy atom. The molecule has 0 bridgehead atoms. The zero-order chi connectivity index (χ0) is 28.9. The molecule has 0 saturated carbocycles. The van der Waals surface area contributed by atoms with Crippen LogP contribution in [0.5, 0.6) is 11.5 Å². The van der Waals surface area contributed by atoms with E-state index < -0.39 is 11.4 Å². The van der Waals surface area contributed by atoms with Crippen molar-refractivity contribution in [3.05, 3.63) is 95.1 Å². The number of hydrogen-bond acceptors (Lipinski definition) is 5. The molecule has 4 aromatic carbocycles. The highest BCUT2D eigenvalue weighted by Crippen LogP contribution is 2.58. The van der Waals surface area contributed by atoms with Gasteiger partial charge in [0.25, 0.3) is 5.91 Å². The third kappa shape index (κ3) is 3.94. The average molecular weight is 549 g/mol. The smallest absolute Gasteiger partial charge is 0.255 e. The molecule has 0 saturated heterocycles. The lowest BCUT2D eigenvalue weighted by molar-refractivity contribution is -0.119. The van der Waals surface area contributed by atoms with Crippen LogP contribution in [-0.4, -0.2) is 49.4 Å². The molecule has 2 heterocycles. The van der Waals surface area contributed by atoms with Crippen molar-refractivity contribution in [2.75, 3.05) is 42.5 Å². The molecule has 1 unspecified atom stereocenters. The summed E-state index contributed by atoms with van der Waals surface area (Å²) >= 11 is 0. The zero-order valence-electron chi connectivity index (χ0n) is 24.1. The fourth-order valence-electron chi connectivity index (χ4n) is 6.72. The molecule has 210 valence electrons. The molecule has 7 heteroatoms. The first-order valence-electron chi connectivity index (χ1n) is 14.5. The number of nitrogens with zero attached hydrogens (tertiary/aromatic N) is 3. The zero-order valence-corrected chi connectivity index (χ0v) is 24.1. The number of rotatable bonds is 8. The van der Waals surface area contributed by atoms with E-state index in [0.29, 0.717) is 17.1 Å². The van der Waals surface area contributed by atoms with Crippen LogP contribution in [0.4, 0.5) is 11.4 Å². The Morgan fingerprint density at radius 2 is 1.39 bits per heavy atom. The summed E-state index contributed by atoms with van der Waals surface area (Å²) in [6.07, 6.45) is 0. The lowest BCUT2D eigenvalue weighted by Crippen LogP contribution is -2.50. The Balaban J connectivity index is 1.68. The number of benzene rings is 4. The predicted molar refractivity (Wildman–Crippen MR) is 164 cm³/mol. The summed E-state index contributed by atoms with van der Waals surface area (Å²) in [7, 11) is 0. The number of ether oxygens (including phenoxy) is 1. The molecule has 0 radical (unpaired) electrons. The summed E-state index contributed by atoms with van der Waals surface area (Å²) in [5, 5.41) is 2.08. The first kappa shape index (κ1) is 26.7. The summed E-state index contributed by atoms with van der Waals surface area (Å²) in [4.78, 5) is 32.7. The van der Waals surface area contributed by atoms with Gasteiger partial charge in [-0.15, -0.1) is 0 Å². The van der Waals surface area contributed by atoms with Crippen LogP contribution in [0.25, 0.3) is 10.8 Å². The van der Waals surface area contributed by atoms with Crippen molar-refractivity contribution in [3.63, 3.8) is 0 Å². The van der Waals surface area contributed by atoms with Crippen LogP contribution in [0.3, 0.4) is 0 Å².